The van der Waals surface area contributed by atoms with Gasteiger partial charge < -0.3 is 9.64 Å². The summed E-state index contributed by atoms with van der Waals surface area (Å²) in [6.07, 6.45) is 7.37. The maximum atomic E-state index is 10.7. The van der Waals surface area contributed by atoms with Gasteiger partial charge in [-0.2, -0.15) is 0 Å². The Labute approximate surface area is 126 Å². The van der Waals surface area contributed by atoms with E-state index in [9.17, 15) is 10.1 Å². The lowest BCUT2D eigenvalue weighted by Crippen LogP contribution is -2.20. The summed E-state index contributed by atoms with van der Waals surface area (Å²) in [5, 5.41) is 10.7. The molecule has 0 amide bonds. The monoisotopic (exact) mass is 292 g/mol. The van der Waals surface area contributed by atoms with Crippen LogP contribution in [0, 0.1) is 10.1 Å². The molecule has 0 bridgehead atoms. The van der Waals surface area contributed by atoms with E-state index in [0.29, 0.717) is 12.4 Å². The molecule has 0 aliphatic carbocycles. The first kappa shape index (κ1) is 15.8. The lowest BCUT2D eigenvalue weighted by Gasteiger charge is -2.13. The molecule has 5 heteroatoms. The van der Waals surface area contributed by atoms with Gasteiger partial charge in [0.25, 0.3) is 5.69 Å². The molecule has 0 atom stereocenters. The van der Waals surface area contributed by atoms with Crippen LogP contribution in [-0.2, 0) is 0 Å². The summed E-state index contributed by atoms with van der Waals surface area (Å²) in [6.45, 7) is 4.41. The third kappa shape index (κ3) is 5.71. The molecule has 1 aliphatic heterocycles. The summed E-state index contributed by atoms with van der Waals surface area (Å²) >= 11 is 0. The Morgan fingerprint density at radius 3 is 2.67 bits per heavy atom. The predicted molar refractivity (Wildman–Crippen MR) is 82.7 cm³/mol. The van der Waals surface area contributed by atoms with Gasteiger partial charge in [-0.05, 0) is 51.4 Å². The number of hydrogen-bond acceptors (Lipinski definition) is 4. The van der Waals surface area contributed by atoms with Crippen molar-refractivity contribution in [2.24, 2.45) is 0 Å². The van der Waals surface area contributed by atoms with Crippen molar-refractivity contribution in [1.82, 2.24) is 4.90 Å². The fourth-order valence-corrected chi connectivity index (χ4v) is 2.67. The van der Waals surface area contributed by atoms with Gasteiger partial charge in [0.2, 0.25) is 0 Å². The fourth-order valence-electron chi connectivity index (χ4n) is 2.67. The largest absolute Gasteiger partial charge is 0.493 e. The van der Waals surface area contributed by atoms with Crippen LogP contribution in [0.1, 0.15) is 38.5 Å². The van der Waals surface area contributed by atoms with Gasteiger partial charge in [0.05, 0.1) is 17.6 Å². The minimum absolute atomic E-state index is 0.0816. The molecule has 1 saturated heterocycles. The van der Waals surface area contributed by atoms with Crippen LogP contribution in [0.3, 0.4) is 0 Å². The van der Waals surface area contributed by atoms with E-state index < -0.39 is 4.92 Å². The molecular weight excluding hydrogens is 268 g/mol. The zero-order valence-corrected chi connectivity index (χ0v) is 12.5. The zero-order chi connectivity index (χ0) is 14.9. The summed E-state index contributed by atoms with van der Waals surface area (Å²) in [6, 6.07) is 6.38. The van der Waals surface area contributed by atoms with Crippen molar-refractivity contribution in [2.75, 3.05) is 26.2 Å². The van der Waals surface area contributed by atoms with E-state index in [4.69, 9.17) is 4.74 Å². The number of ether oxygens (including phenoxy) is 1. The van der Waals surface area contributed by atoms with Gasteiger partial charge in [-0.3, -0.25) is 10.1 Å². The highest BCUT2D eigenvalue weighted by Gasteiger charge is 2.10. The quantitative estimate of drug-likeness (QED) is 0.396. The predicted octanol–water partition coefficient (Wildman–Crippen LogP) is 3.63. The van der Waals surface area contributed by atoms with Crippen LogP contribution < -0.4 is 4.74 Å². The fraction of sp³-hybridized carbons (Fsp3) is 0.625. The van der Waals surface area contributed by atoms with Crippen LogP contribution in [0.25, 0.3) is 0 Å². The number of nitrogens with zero attached hydrogens (tertiary/aromatic N) is 2. The van der Waals surface area contributed by atoms with Crippen molar-refractivity contribution in [1.29, 1.82) is 0 Å². The van der Waals surface area contributed by atoms with Crippen molar-refractivity contribution in [3.05, 3.63) is 34.4 Å². The van der Waals surface area contributed by atoms with E-state index in [1.54, 1.807) is 12.1 Å². The highest BCUT2D eigenvalue weighted by atomic mass is 16.6. The second-order valence-electron chi connectivity index (χ2n) is 5.57. The molecule has 2 rings (SSSR count). The van der Waals surface area contributed by atoms with Crippen molar-refractivity contribution in [2.45, 2.75) is 38.5 Å². The number of non-ortho nitro benzene ring substituents is 1. The highest BCUT2D eigenvalue weighted by Crippen LogP contribution is 2.19. The molecule has 1 heterocycles. The molecule has 0 saturated carbocycles. The number of rotatable bonds is 9. The molecule has 0 N–H and O–H groups in total. The Morgan fingerprint density at radius 1 is 1.14 bits per heavy atom. The molecule has 1 aromatic carbocycles. The molecule has 1 fully saturated rings. The van der Waals surface area contributed by atoms with Gasteiger partial charge >= 0.3 is 0 Å². The summed E-state index contributed by atoms with van der Waals surface area (Å²) in [7, 11) is 0. The van der Waals surface area contributed by atoms with Crippen LogP contribution in [0.5, 0.6) is 5.75 Å². The van der Waals surface area contributed by atoms with Crippen LogP contribution in [-0.4, -0.2) is 36.1 Å². The minimum Gasteiger partial charge on any atom is -0.493 e. The SMILES string of the molecule is O=[N+]([O-])c1cccc(OCCCCCCN2CCCC2)c1. The first-order chi connectivity index (χ1) is 10.3. The average Bonchev–Trinajstić information content (AvgIpc) is 3.00. The second kappa shape index (κ2) is 8.62. The number of nitro groups is 1. The van der Waals surface area contributed by atoms with Crippen LogP contribution in [0.4, 0.5) is 5.69 Å². The Kier molecular flexibility index (Phi) is 6.47. The number of likely N-dealkylation sites (tertiary alicyclic amines) is 1. The van der Waals surface area contributed by atoms with E-state index in [2.05, 4.69) is 4.90 Å². The summed E-state index contributed by atoms with van der Waals surface area (Å²) in [5.74, 6) is 0.585. The summed E-state index contributed by atoms with van der Waals surface area (Å²) in [4.78, 5) is 12.8. The van der Waals surface area contributed by atoms with E-state index in [1.807, 2.05) is 0 Å². The Morgan fingerprint density at radius 2 is 1.90 bits per heavy atom. The molecule has 0 unspecified atom stereocenters. The Balaban J connectivity index is 1.53. The topological polar surface area (TPSA) is 55.6 Å². The second-order valence-corrected chi connectivity index (χ2v) is 5.57. The molecular formula is C16H24N2O3. The highest BCUT2D eigenvalue weighted by molar-refractivity contribution is 5.37. The number of unbranched alkanes of at least 4 members (excludes halogenated alkanes) is 3. The Bertz CT molecular complexity index is 445. The lowest BCUT2D eigenvalue weighted by molar-refractivity contribution is -0.384. The Hall–Kier alpha value is -1.62. The zero-order valence-electron chi connectivity index (χ0n) is 12.5. The van der Waals surface area contributed by atoms with Gasteiger partial charge in [0.15, 0.2) is 0 Å². The van der Waals surface area contributed by atoms with Gasteiger partial charge in [-0.25, -0.2) is 0 Å². The molecule has 116 valence electrons. The number of hydrogen-bond donors (Lipinski definition) is 0. The van der Waals surface area contributed by atoms with E-state index >= 15 is 0 Å². The van der Waals surface area contributed by atoms with Crippen LogP contribution in [0.15, 0.2) is 24.3 Å². The third-order valence-electron chi connectivity index (χ3n) is 3.86. The molecule has 0 spiro atoms. The van der Waals surface area contributed by atoms with Crippen LogP contribution >= 0.6 is 0 Å². The summed E-state index contributed by atoms with van der Waals surface area (Å²) in [5.41, 5.74) is 0.0816. The molecule has 21 heavy (non-hydrogen) atoms. The van der Waals surface area contributed by atoms with Crippen molar-refractivity contribution >= 4 is 5.69 Å². The number of benzene rings is 1. The van der Waals surface area contributed by atoms with E-state index in [-0.39, 0.29) is 5.69 Å². The lowest BCUT2D eigenvalue weighted by atomic mass is 10.2. The van der Waals surface area contributed by atoms with Crippen LogP contribution in [0.2, 0.25) is 0 Å². The van der Waals surface area contributed by atoms with Gasteiger partial charge in [0, 0.05) is 6.07 Å². The smallest absolute Gasteiger partial charge is 0.273 e. The van der Waals surface area contributed by atoms with Gasteiger partial charge in [-0.15, -0.1) is 0 Å². The van der Waals surface area contributed by atoms with Crippen molar-refractivity contribution in [3.63, 3.8) is 0 Å². The van der Waals surface area contributed by atoms with Gasteiger partial charge in [0.1, 0.15) is 5.75 Å². The van der Waals surface area contributed by atoms with Crippen molar-refractivity contribution in [3.8, 4) is 5.75 Å². The molecule has 0 aromatic heterocycles. The van der Waals surface area contributed by atoms with Gasteiger partial charge in [-0.1, -0.05) is 18.9 Å². The minimum atomic E-state index is -0.398. The van der Waals surface area contributed by atoms with E-state index in [1.165, 1.54) is 57.5 Å². The molecule has 0 radical (unpaired) electrons. The average molecular weight is 292 g/mol. The maximum absolute atomic E-state index is 10.7. The first-order valence-electron chi connectivity index (χ1n) is 7.85. The standard InChI is InChI=1S/C16H24N2O3/c19-18(20)15-8-7-9-16(14-15)21-13-6-2-1-3-10-17-11-4-5-12-17/h7-9,14H,1-6,10-13H2. The third-order valence-corrected chi connectivity index (χ3v) is 3.86. The molecule has 1 aromatic rings. The maximum Gasteiger partial charge on any atom is 0.273 e. The molecule has 1 aliphatic rings. The first-order valence-corrected chi connectivity index (χ1v) is 7.85. The summed E-state index contributed by atoms with van der Waals surface area (Å²) < 4.78 is 5.56. The molecule has 5 nitrogen and oxygen atoms in total. The normalized spacial score (nSPS) is 15.2. The number of nitro benzene ring substituents is 1. The van der Waals surface area contributed by atoms with E-state index in [0.717, 1.165) is 12.8 Å². The van der Waals surface area contributed by atoms with Crippen molar-refractivity contribution < 1.29 is 9.66 Å².